The van der Waals surface area contributed by atoms with E-state index in [1.165, 1.54) is 0 Å². The average molecular weight is 464 g/mol. The van der Waals surface area contributed by atoms with Crippen LogP contribution in [0.3, 0.4) is 0 Å². The zero-order valence-electron chi connectivity index (χ0n) is 19.5. The van der Waals surface area contributed by atoms with Gasteiger partial charge in [0, 0.05) is 25.6 Å². The van der Waals surface area contributed by atoms with E-state index in [0.29, 0.717) is 36.8 Å². The molecule has 3 aromatic rings. The maximum Gasteiger partial charge on any atom is 0.273 e. The van der Waals surface area contributed by atoms with Crippen molar-refractivity contribution in [3.05, 3.63) is 77.2 Å². The molecule has 0 aliphatic carbocycles. The molecule has 178 valence electrons. The van der Waals surface area contributed by atoms with E-state index < -0.39 is 0 Å². The monoisotopic (exact) mass is 463 g/mol. The zero-order valence-corrected chi connectivity index (χ0v) is 19.5. The fourth-order valence-electron chi connectivity index (χ4n) is 3.69. The van der Waals surface area contributed by atoms with Crippen molar-refractivity contribution in [1.29, 1.82) is 0 Å². The van der Waals surface area contributed by atoms with Crippen molar-refractivity contribution in [3.8, 4) is 11.5 Å². The van der Waals surface area contributed by atoms with Gasteiger partial charge in [-0.2, -0.15) is 0 Å². The molecular weight excluding hydrogens is 434 g/mol. The van der Waals surface area contributed by atoms with Crippen molar-refractivity contribution >= 4 is 11.8 Å². The summed E-state index contributed by atoms with van der Waals surface area (Å²) >= 11 is 0. The van der Waals surface area contributed by atoms with Crippen LogP contribution in [-0.2, 0) is 24.3 Å². The predicted octanol–water partition coefficient (Wildman–Crippen LogP) is 3.95. The van der Waals surface area contributed by atoms with E-state index in [1.807, 2.05) is 62.4 Å². The van der Waals surface area contributed by atoms with Crippen molar-refractivity contribution < 1.29 is 23.6 Å². The molecule has 1 N–H and O–H groups in total. The number of aromatic nitrogens is 1. The number of benzene rings is 2. The Morgan fingerprint density at radius 1 is 1.03 bits per heavy atom. The molecule has 1 aromatic heterocycles. The maximum absolute atomic E-state index is 12.8. The molecule has 1 aliphatic heterocycles. The second-order valence-corrected chi connectivity index (χ2v) is 8.70. The van der Waals surface area contributed by atoms with E-state index in [2.05, 4.69) is 10.5 Å². The predicted molar refractivity (Wildman–Crippen MR) is 125 cm³/mol. The van der Waals surface area contributed by atoms with Crippen molar-refractivity contribution in [2.24, 2.45) is 5.92 Å². The minimum absolute atomic E-state index is 0.0520. The molecule has 8 nitrogen and oxygen atoms in total. The first-order valence-electron chi connectivity index (χ1n) is 11.4. The highest BCUT2D eigenvalue weighted by atomic mass is 16.7. The Labute approximate surface area is 198 Å². The molecular formula is C26H29N3O5. The number of fused-ring (bicyclic) bond motifs is 1. The third kappa shape index (κ3) is 6.15. The van der Waals surface area contributed by atoms with Crippen LogP contribution in [0.4, 0.5) is 0 Å². The smallest absolute Gasteiger partial charge is 0.273 e. The van der Waals surface area contributed by atoms with Gasteiger partial charge in [-0.25, -0.2) is 0 Å². The molecule has 0 radical (unpaired) electrons. The summed E-state index contributed by atoms with van der Waals surface area (Å²) in [6.45, 7) is 5.38. The third-order valence-electron chi connectivity index (χ3n) is 5.48. The largest absolute Gasteiger partial charge is 0.454 e. The average Bonchev–Trinajstić information content (AvgIpc) is 3.49. The molecule has 0 spiro atoms. The van der Waals surface area contributed by atoms with Crippen LogP contribution < -0.4 is 14.8 Å². The van der Waals surface area contributed by atoms with Crippen molar-refractivity contribution in [1.82, 2.24) is 15.4 Å². The Balaban J connectivity index is 1.35. The van der Waals surface area contributed by atoms with Crippen LogP contribution in [0.2, 0.25) is 0 Å². The molecule has 1 aliphatic rings. The Morgan fingerprint density at radius 3 is 2.62 bits per heavy atom. The summed E-state index contributed by atoms with van der Waals surface area (Å²) < 4.78 is 16.1. The molecule has 8 heteroatoms. The maximum atomic E-state index is 12.8. The third-order valence-corrected chi connectivity index (χ3v) is 5.48. The summed E-state index contributed by atoms with van der Waals surface area (Å²) in [4.78, 5) is 27.2. The molecule has 0 unspecified atom stereocenters. The van der Waals surface area contributed by atoms with Crippen LogP contribution in [-0.4, -0.2) is 35.2 Å². The number of ether oxygens (including phenoxy) is 2. The molecule has 0 saturated carbocycles. The second kappa shape index (κ2) is 10.9. The minimum atomic E-state index is -0.350. The summed E-state index contributed by atoms with van der Waals surface area (Å²) in [6.07, 6.45) is 1.19. The van der Waals surface area contributed by atoms with E-state index in [-0.39, 0.29) is 36.8 Å². The summed E-state index contributed by atoms with van der Waals surface area (Å²) in [5, 5.41) is 6.74. The fraction of sp³-hybridized carbons (Fsp3) is 0.346. The standard InChI is InChI=1S/C26H29N3O5/c1-18(2)12-25(30)29(11-10-19-6-4-3-5-7-19)16-21-14-22(28-34-21)26(31)27-15-20-8-9-23-24(13-20)33-17-32-23/h3-9,13-14,18H,10-12,15-17H2,1-2H3,(H,27,31). The van der Waals surface area contributed by atoms with Gasteiger partial charge in [0.25, 0.3) is 5.91 Å². The van der Waals surface area contributed by atoms with Gasteiger partial charge in [0.1, 0.15) is 0 Å². The first kappa shape index (κ1) is 23.4. The van der Waals surface area contributed by atoms with Gasteiger partial charge in [-0.05, 0) is 35.6 Å². The lowest BCUT2D eigenvalue weighted by Crippen LogP contribution is -2.33. The molecule has 0 fully saturated rings. The van der Waals surface area contributed by atoms with Crippen LogP contribution in [0.5, 0.6) is 11.5 Å². The first-order valence-corrected chi connectivity index (χ1v) is 11.4. The highest BCUT2D eigenvalue weighted by Crippen LogP contribution is 2.32. The molecule has 2 aromatic carbocycles. The summed E-state index contributed by atoms with van der Waals surface area (Å²) in [5.41, 5.74) is 2.22. The number of carbonyl (C=O) groups excluding carboxylic acids is 2. The fourth-order valence-corrected chi connectivity index (χ4v) is 3.69. The topological polar surface area (TPSA) is 93.9 Å². The summed E-state index contributed by atoms with van der Waals surface area (Å²) in [6, 6.07) is 17.1. The van der Waals surface area contributed by atoms with Gasteiger partial charge in [-0.1, -0.05) is 55.4 Å². The first-order chi connectivity index (χ1) is 16.5. The van der Waals surface area contributed by atoms with Gasteiger partial charge >= 0.3 is 0 Å². The SMILES string of the molecule is CC(C)CC(=O)N(CCc1ccccc1)Cc1cc(C(=O)NCc2ccc3c(c2)OCO3)no1. The number of hydrogen-bond donors (Lipinski definition) is 1. The Kier molecular flexibility index (Phi) is 7.47. The molecule has 2 heterocycles. The molecule has 34 heavy (non-hydrogen) atoms. The lowest BCUT2D eigenvalue weighted by atomic mass is 10.1. The van der Waals surface area contributed by atoms with Crippen molar-refractivity contribution in [2.75, 3.05) is 13.3 Å². The van der Waals surface area contributed by atoms with Gasteiger partial charge in [0.2, 0.25) is 12.7 Å². The molecule has 0 saturated heterocycles. The lowest BCUT2D eigenvalue weighted by Gasteiger charge is -2.22. The molecule has 4 rings (SSSR count). The molecule has 0 bridgehead atoms. The van der Waals surface area contributed by atoms with Gasteiger partial charge in [-0.15, -0.1) is 0 Å². The number of hydrogen-bond acceptors (Lipinski definition) is 6. The number of nitrogens with zero attached hydrogens (tertiary/aromatic N) is 2. The minimum Gasteiger partial charge on any atom is -0.454 e. The van der Waals surface area contributed by atoms with Crippen molar-refractivity contribution in [2.45, 2.75) is 39.8 Å². The Hall–Kier alpha value is -3.81. The lowest BCUT2D eigenvalue weighted by molar-refractivity contribution is -0.132. The van der Waals surface area contributed by atoms with E-state index in [1.54, 1.807) is 11.0 Å². The van der Waals surface area contributed by atoms with E-state index in [0.717, 1.165) is 17.5 Å². The quantitative estimate of drug-likeness (QED) is 0.489. The molecule has 2 amide bonds. The second-order valence-electron chi connectivity index (χ2n) is 8.70. The van der Waals surface area contributed by atoms with Crippen LogP contribution in [0, 0.1) is 5.92 Å². The van der Waals surface area contributed by atoms with E-state index >= 15 is 0 Å². The normalized spacial score (nSPS) is 12.1. The van der Waals surface area contributed by atoms with Gasteiger partial charge in [0.15, 0.2) is 23.0 Å². The highest BCUT2D eigenvalue weighted by molar-refractivity contribution is 5.92. The van der Waals surface area contributed by atoms with Crippen LogP contribution in [0.25, 0.3) is 0 Å². The highest BCUT2D eigenvalue weighted by Gasteiger charge is 2.20. The van der Waals surface area contributed by atoms with Gasteiger partial charge in [-0.3, -0.25) is 9.59 Å². The van der Waals surface area contributed by atoms with Crippen LogP contribution in [0.15, 0.2) is 59.1 Å². The zero-order chi connectivity index (χ0) is 23.9. The van der Waals surface area contributed by atoms with Crippen LogP contribution >= 0.6 is 0 Å². The number of rotatable bonds is 10. The van der Waals surface area contributed by atoms with Gasteiger partial charge in [0.05, 0.1) is 6.54 Å². The Morgan fingerprint density at radius 2 is 1.82 bits per heavy atom. The number of nitrogens with one attached hydrogen (secondary N) is 1. The van der Waals surface area contributed by atoms with Gasteiger partial charge < -0.3 is 24.2 Å². The van der Waals surface area contributed by atoms with Crippen LogP contribution in [0.1, 0.15) is 47.6 Å². The summed E-state index contributed by atoms with van der Waals surface area (Å²) in [7, 11) is 0. The number of amides is 2. The van der Waals surface area contributed by atoms with E-state index in [4.69, 9.17) is 14.0 Å². The number of carbonyl (C=O) groups is 2. The molecule has 0 atom stereocenters. The van der Waals surface area contributed by atoms with E-state index in [9.17, 15) is 9.59 Å². The Bertz CT molecular complexity index is 1130. The van der Waals surface area contributed by atoms with Crippen molar-refractivity contribution in [3.63, 3.8) is 0 Å². The summed E-state index contributed by atoms with van der Waals surface area (Å²) in [5.74, 6) is 1.78.